The first-order valence-corrected chi connectivity index (χ1v) is 9.94. The molecule has 6 heteroatoms. The van der Waals surface area contributed by atoms with Crippen LogP contribution in [0.2, 0.25) is 5.02 Å². The Morgan fingerprint density at radius 3 is 2.82 bits per heavy atom. The second-order valence-corrected chi connectivity index (χ2v) is 7.37. The lowest BCUT2D eigenvalue weighted by Crippen LogP contribution is -2.26. The third-order valence-electron chi connectivity index (χ3n) is 4.91. The largest absolute Gasteiger partial charge is 0.464 e. The molecule has 1 aromatic carbocycles. The van der Waals surface area contributed by atoms with Gasteiger partial charge < -0.3 is 15.1 Å². The van der Waals surface area contributed by atoms with Crippen molar-refractivity contribution in [1.82, 2.24) is 10.3 Å². The van der Waals surface area contributed by atoms with Crippen molar-refractivity contribution in [1.29, 1.82) is 0 Å². The number of aromatic nitrogens is 1. The van der Waals surface area contributed by atoms with E-state index in [0.29, 0.717) is 28.7 Å². The molecule has 144 valence electrons. The molecule has 0 fully saturated rings. The summed E-state index contributed by atoms with van der Waals surface area (Å²) in [5.41, 5.74) is 3.22. The number of pyridine rings is 1. The summed E-state index contributed by atoms with van der Waals surface area (Å²) >= 11 is 5.95. The summed E-state index contributed by atoms with van der Waals surface area (Å²) in [5.74, 6) is 0.377. The summed E-state index contributed by atoms with van der Waals surface area (Å²) in [6.45, 7) is 0.614. The van der Waals surface area contributed by atoms with Crippen molar-refractivity contribution in [2.45, 2.75) is 32.1 Å². The maximum Gasteiger partial charge on any atom is 0.270 e. The number of furan rings is 1. The molecule has 2 N–H and O–H groups in total. The molecule has 0 unspecified atom stereocenters. The number of anilines is 2. The van der Waals surface area contributed by atoms with Crippen molar-refractivity contribution in [3.05, 3.63) is 65.0 Å². The van der Waals surface area contributed by atoms with E-state index in [0.717, 1.165) is 30.3 Å². The summed E-state index contributed by atoms with van der Waals surface area (Å²) in [6, 6.07) is 10.8. The Morgan fingerprint density at radius 2 is 2.04 bits per heavy atom. The predicted molar refractivity (Wildman–Crippen MR) is 112 cm³/mol. The van der Waals surface area contributed by atoms with Gasteiger partial charge in [0, 0.05) is 23.3 Å². The summed E-state index contributed by atoms with van der Waals surface area (Å²) in [7, 11) is 0. The highest BCUT2D eigenvalue weighted by Crippen LogP contribution is 2.27. The van der Waals surface area contributed by atoms with E-state index in [1.54, 1.807) is 24.5 Å². The summed E-state index contributed by atoms with van der Waals surface area (Å²) < 4.78 is 5.52. The highest BCUT2D eigenvalue weighted by molar-refractivity contribution is 6.30. The Balaban J connectivity index is 1.49. The summed E-state index contributed by atoms with van der Waals surface area (Å²) in [6.07, 6.45) is 9.60. The summed E-state index contributed by atoms with van der Waals surface area (Å²) in [5, 5.41) is 7.70. The van der Waals surface area contributed by atoms with Gasteiger partial charge in [-0.05, 0) is 62.4 Å². The third kappa shape index (κ3) is 4.37. The van der Waals surface area contributed by atoms with E-state index in [4.69, 9.17) is 16.0 Å². The molecule has 3 aromatic rings. The Labute approximate surface area is 168 Å². The molecular weight excluding hydrogens is 374 g/mol. The lowest BCUT2D eigenvalue weighted by Gasteiger charge is -2.13. The molecule has 28 heavy (non-hydrogen) atoms. The number of rotatable bonds is 6. The topological polar surface area (TPSA) is 67.2 Å². The van der Waals surface area contributed by atoms with Crippen LogP contribution < -0.4 is 10.6 Å². The van der Waals surface area contributed by atoms with Gasteiger partial charge in [0.15, 0.2) is 0 Å². The van der Waals surface area contributed by atoms with E-state index in [1.807, 2.05) is 18.2 Å². The minimum Gasteiger partial charge on any atom is -0.464 e. The fraction of sp³-hybridized carbons (Fsp3) is 0.273. The molecule has 0 aliphatic heterocycles. The standard InChI is InChI=1S/C22H22ClN3O2/c23-16-6-8-17(9-7-16)25-21-18-11-13-28-20(18)14-19(26-21)22(27)24-12-10-15-4-2-1-3-5-15/h4,6-9,11,13-14H,1-3,5,10,12H2,(H,24,27)(H,25,26). The average molecular weight is 396 g/mol. The Bertz CT molecular complexity index is 1010. The minimum absolute atomic E-state index is 0.200. The van der Waals surface area contributed by atoms with Crippen LogP contribution >= 0.6 is 11.6 Å². The van der Waals surface area contributed by atoms with Crippen LogP contribution in [0, 0.1) is 0 Å². The normalized spacial score (nSPS) is 14.0. The van der Waals surface area contributed by atoms with Gasteiger partial charge in [0.05, 0.1) is 11.6 Å². The number of allylic oxidation sites excluding steroid dienone is 1. The zero-order valence-electron chi connectivity index (χ0n) is 15.5. The van der Waals surface area contributed by atoms with Gasteiger partial charge in [0.2, 0.25) is 0 Å². The van der Waals surface area contributed by atoms with E-state index in [1.165, 1.54) is 18.4 Å². The fourth-order valence-corrected chi connectivity index (χ4v) is 3.53. The number of benzene rings is 1. The van der Waals surface area contributed by atoms with Crippen LogP contribution in [0.1, 0.15) is 42.6 Å². The SMILES string of the molecule is O=C(NCCC1=CCCCC1)c1cc2occc2c(Nc2ccc(Cl)cc2)n1. The number of carbonyl (C=O) groups excluding carboxylic acids is 1. The number of halogens is 1. The van der Waals surface area contributed by atoms with Crippen LogP contribution in [0.25, 0.3) is 11.0 Å². The van der Waals surface area contributed by atoms with E-state index in [-0.39, 0.29) is 5.91 Å². The van der Waals surface area contributed by atoms with Gasteiger partial charge in [-0.2, -0.15) is 0 Å². The minimum atomic E-state index is -0.200. The van der Waals surface area contributed by atoms with Crippen molar-refractivity contribution in [2.75, 3.05) is 11.9 Å². The lowest BCUT2D eigenvalue weighted by molar-refractivity contribution is 0.0949. The van der Waals surface area contributed by atoms with Crippen molar-refractivity contribution in [3.63, 3.8) is 0 Å². The van der Waals surface area contributed by atoms with Gasteiger partial charge in [0.1, 0.15) is 17.1 Å². The van der Waals surface area contributed by atoms with Gasteiger partial charge in [-0.3, -0.25) is 4.79 Å². The first-order chi connectivity index (χ1) is 13.7. The second kappa shape index (κ2) is 8.48. The molecule has 0 atom stereocenters. The maximum absolute atomic E-state index is 12.6. The molecule has 1 aliphatic rings. The molecule has 0 bridgehead atoms. The van der Waals surface area contributed by atoms with Crippen LogP contribution in [-0.4, -0.2) is 17.4 Å². The van der Waals surface area contributed by atoms with Crippen LogP contribution in [-0.2, 0) is 0 Å². The predicted octanol–water partition coefficient (Wildman–Crippen LogP) is 5.85. The molecule has 0 saturated carbocycles. The van der Waals surface area contributed by atoms with Gasteiger partial charge in [-0.25, -0.2) is 4.98 Å². The molecule has 1 aliphatic carbocycles. The number of fused-ring (bicyclic) bond motifs is 1. The monoisotopic (exact) mass is 395 g/mol. The Hall–Kier alpha value is -2.79. The van der Waals surface area contributed by atoms with Crippen molar-refractivity contribution >= 4 is 40.0 Å². The molecule has 0 saturated heterocycles. The van der Waals surface area contributed by atoms with Crippen molar-refractivity contribution < 1.29 is 9.21 Å². The molecule has 2 heterocycles. The van der Waals surface area contributed by atoms with E-state index in [2.05, 4.69) is 21.7 Å². The lowest BCUT2D eigenvalue weighted by atomic mass is 9.97. The zero-order valence-corrected chi connectivity index (χ0v) is 16.3. The summed E-state index contributed by atoms with van der Waals surface area (Å²) in [4.78, 5) is 17.1. The maximum atomic E-state index is 12.6. The van der Waals surface area contributed by atoms with Crippen molar-refractivity contribution in [2.24, 2.45) is 0 Å². The van der Waals surface area contributed by atoms with E-state index >= 15 is 0 Å². The van der Waals surface area contributed by atoms with Crippen molar-refractivity contribution in [3.8, 4) is 0 Å². The number of carbonyl (C=O) groups is 1. The molecule has 5 nitrogen and oxygen atoms in total. The highest BCUT2D eigenvalue weighted by atomic mass is 35.5. The van der Waals surface area contributed by atoms with Gasteiger partial charge in [0.25, 0.3) is 5.91 Å². The fourth-order valence-electron chi connectivity index (χ4n) is 3.41. The first kappa shape index (κ1) is 18.6. The highest BCUT2D eigenvalue weighted by Gasteiger charge is 2.14. The quantitative estimate of drug-likeness (QED) is 0.514. The molecule has 1 amide bonds. The number of hydrogen-bond donors (Lipinski definition) is 2. The molecular formula is C22H22ClN3O2. The number of nitrogens with zero attached hydrogens (tertiary/aromatic N) is 1. The number of nitrogens with one attached hydrogen (secondary N) is 2. The van der Waals surface area contributed by atoms with Crippen LogP contribution in [0.15, 0.2) is 58.7 Å². The van der Waals surface area contributed by atoms with Crippen LogP contribution in [0.5, 0.6) is 0 Å². The Morgan fingerprint density at radius 1 is 1.18 bits per heavy atom. The molecule has 2 aromatic heterocycles. The molecule has 4 rings (SSSR count). The number of amides is 1. The van der Waals surface area contributed by atoms with Gasteiger partial charge in [-0.15, -0.1) is 0 Å². The molecule has 0 spiro atoms. The van der Waals surface area contributed by atoms with Gasteiger partial charge >= 0.3 is 0 Å². The zero-order chi connectivity index (χ0) is 19.3. The second-order valence-electron chi connectivity index (χ2n) is 6.93. The van der Waals surface area contributed by atoms with Crippen LogP contribution in [0.3, 0.4) is 0 Å². The molecule has 0 radical (unpaired) electrons. The van der Waals surface area contributed by atoms with E-state index < -0.39 is 0 Å². The van der Waals surface area contributed by atoms with E-state index in [9.17, 15) is 4.79 Å². The third-order valence-corrected chi connectivity index (χ3v) is 5.16. The van der Waals surface area contributed by atoms with Gasteiger partial charge in [-0.1, -0.05) is 23.3 Å². The number of hydrogen-bond acceptors (Lipinski definition) is 4. The Kier molecular flexibility index (Phi) is 5.63. The first-order valence-electron chi connectivity index (χ1n) is 9.56. The smallest absolute Gasteiger partial charge is 0.270 e. The van der Waals surface area contributed by atoms with Crippen LogP contribution in [0.4, 0.5) is 11.5 Å². The average Bonchev–Trinajstić information content (AvgIpc) is 3.19.